The second kappa shape index (κ2) is 11.2. The van der Waals surface area contributed by atoms with Crippen LogP contribution >= 0.6 is 0 Å². The zero-order chi connectivity index (χ0) is 22.2. The number of benzene rings is 1. The number of nitrogens with zero attached hydrogens (tertiary/aromatic N) is 5. The minimum Gasteiger partial charge on any atom is -0.382 e. The number of morpholine rings is 1. The fourth-order valence-corrected chi connectivity index (χ4v) is 3.87. The summed E-state index contributed by atoms with van der Waals surface area (Å²) in [6.07, 6.45) is 1.80. The van der Waals surface area contributed by atoms with E-state index >= 15 is 0 Å². The predicted molar refractivity (Wildman–Crippen MR) is 122 cm³/mol. The lowest BCUT2D eigenvalue weighted by molar-refractivity contribution is -0.136. The van der Waals surface area contributed by atoms with E-state index in [-0.39, 0.29) is 12.5 Å². The monoisotopic (exact) mass is 441 g/mol. The summed E-state index contributed by atoms with van der Waals surface area (Å²) in [5, 5.41) is 0. The smallest absolute Gasteiger partial charge is 0.248 e. The number of piperazine rings is 1. The van der Waals surface area contributed by atoms with E-state index in [9.17, 15) is 4.79 Å². The van der Waals surface area contributed by atoms with Gasteiger partial charge in [-0.2, -0.15) is 0 Å². The Morgan fingerprint density at radius 3 is 2.44 bits per heavy atom. The Morgan fingerprint density at radius 2 is 1.72 bits per heavy atom. The van der Waals surface area contributed by atoms with Crippen molar-refractivity contribution in [3.63, 3.8) is 0 Å². The second-order valence-corrected chi connectivity index (χ2v) is 7.80. The fraction of sp³-hybridized carbons (Fsp3) is 0.522. The standard InChI is InChI=1S/C23H31N5O4/c1-30-16-17-32-18-22(29)27-8-10-28(11-9-27)23-24-7-6-21(25-23)19-2-4-20(5-3-19)26-12-14-31-15-13-26/h2-7H,8-18H2,1H3. The molecule has 9 nitrogen and oxygen atoms in total. The van der Waals surface area contributed by atoms with Gasteiger partial charge in [-0.05, 0) is 18.2 Å². The molecule has 2 aliphatic heterocycles. The first-order valence-corrected chi connectivity index (χ1v) is 11.1. The minimum absolute atomic E-state index is 0.00998. The third-order valence-corrected chi connectivity index (χ3v) is 5.75. The molecule has 0 unspecified atom stereocenters. The Balaban J connectivity index is 1.33. The summed E-state index contributed by atoms with van der Waals surface area (Å²) in [6.45, 7) is 7.06. The molecule has 0 radical (unpaired) electrons. The van der Waals surface area contributed by atoms with Gasteiger partial charge >= 0.3 is 0 Å². The van der Waals surface area contributed by atoms with Crippen LogP contribution in [-0.2, 0) is 19.0 Å². The zero-order valence-corrected chi connectivity index (χ0v) is 18.6. The van der Waals surface area contributed by atoms with Gasteiger partial charge in [0.25, 0.3) is 0 Å². The molecule has 2 fully saturated rings. The molecular formula is C23H31N5O4. The number of amides is 1. The van der Waals surface area contributed by atoms with Gasteiger partial charge in [0.1, 0.15) is 6.61 Å². The summed E-state index contributed by atoms with van der Waals surface area (Å²) in [5.41, 5.74) is 3.17. The Hall–Kier alpha value is -2.75. The molecule has 0 N–H and O–H groups in total. The molecule has 0 atom stereocenters. The van der Waals surface area contributed by atoms with Gasteiger partial charge in [-0.1, -0.05) is 12.1 Å². The van der Waals surface area contributed by atoms with Crippen LogP contribution < -0.4 is 9.80 Å². The van der Waals surface area contributed by atoms with Crippen molar-refractivity contribution >= 4 is 17.5 Å². The third-order valence-electron chi connectivity index (χ3n) is 5.75. The maximum atomic E-state index is 12.3. The summed E-state index contributed by atoms with van der Waals surface area (Å²) in [6, 6.07) is 10.4. The molecule has 2 saturated heterocycles. The molecule has 3 heterocycles. The van der Waals surface area contributed by atoms with Crippen LogP contribution in [0.2, 0.25) is 0 Å². The molecule has 0 saturated carbocycles. The van der Waals surface area contributed by atoms with Crippen LogP contribution in [0.3, 0.4) is 0 Å². The van der Waals surface area contributed by atoms with E-state index in [2.05, 4.69) is 39.0 Å². The number of hydrogen-bond acceptors (Lipinski definition) is 8. The number of hydrogen-bond donors (Lipinski definition) is 0. The van der Waals surface area contributed by atoms with Gasteiger partial charge in [-0.15, -0.1) is 0 Å². The van der Waals surface area contributed by atoms with Crippen molar-refractivity contribution in [2.24, 2.45) is 0 Å². The van der Waals surface area contributed by atoms with E-state index in [1.807, 2.05) is 11.0 Å². The van der Waals surface area contributed by atoms with Crippen LogP contribution in [0.1, 0.15) is 0 Å². The SMILES string of the molecule is COCCOCC(=O)N1CCN(c2nccc(-c3ccc(N4CCOCC4)cc3)n2)CC1. The molecule has 32 heavy (non-hydrogen) atoms. The highest BCUT2D eigenvalue weighted by atomic mass is 16.5. The molecule has 2 aliphatic rings. The van der Waals surface area contributed by atoms with E-state index in [0.29, 0.717) is 45.3 Å². The number of rotatable bonds is 8. The van der Waals surface area contributed by atoms with Crippen LogP contribution in [0.4, 0.5) is 11.6 Å². The van der Waals surface area contributed by atoms with Crippen molar-refractivity contribution in [1.29, 1.82) is 0 Å². The van der Waals surface area contributed by atoms with Crippen molar-refractivity contribution in [3.05, 3.63) is 36.5 Å². The van der Waals surface area contributed by atoms with E-state index in [1.54, 1.807) is 13.3 Å². The quantitative estimate of drug-likeness (QED) is 0.567. The molecule has 0 bridgehead atoms. The Labute approximate surface area is 188 Å². The average Bonchev–Trinajstić information content (AvgIpc) is 2.87. The highest BCUT2D eigenvalue weighted by Gasteiger charge is 2.23. The van der Waals surface area contributed by atoms with Crippen LogP contribution in [0, 0.1) is 0 Å². The van der Waals surface area contributed by atoms with Gasteiger partial charge in [0.05, 0.1) is 32.1 Å². The predicted octanol–water partition coefficient (Wildman–Crippen LogP) is 1.29. The van der Waals surface area contributed by atoms with Crippen molar-refractivity contribution in [1.82, 2.24) is 14.9 Å². The number of carbonyl (C=O) groups is 1. The lowest BCUT2D eigenvalue weighted by Gasteiger charge is -2.34. The molecule has 9 heteroatoms. The summed E-state index contributed by atoms with van der Waals surface area (Å²) in [5.74, 6) is 0.707. The van der Waals surface area contributed by atoms with Crippen LogP contribution in [-0.4, -0.2) is 100 Å². The maximum Gasteiger partial charge on any atom is 0.248 e. The van der Waals surface area contributed by atoms with Gasteiger partial charge in [0, 0.05) is 63.8 Å². The van der Waals surface area contributed by atoms with Gasteiger partial charge < -0.3 is 28.9 Å². The van der Waals surface area contributed by atoms with Crippen LogP contribution in [0.5, 0.6) is 0 Å². The Bertz CT molecular complexity index is 865. The van der Waals surface area contributed by atoms with E-state index in [1.165, 1.54) is 5.69 Å². The van der Waals surface area contributed by atoms with Gasteiger partial charge in [-0.3, -0.25) is 4.79 Å². The molecular weight excluding hydrogens is 410 g/mol. The van der Waals surface area contributed by atoms with E-state index in [0.717, 1.165) is 37.6 Å². The summed E-state index contributed by atoms with van der Waals surface area (Å²) in [7, 11) is 1.61. The van der Waals surface area contributed by atoms with Crippen molar-refractivity contribution in [2.45, 2.75) is 0 Å². The highest BCUT2D eigenvalue weighted by molar-refractivity contribution is 5.77. The van der Waals surface area contributed by atoms with E-state index in [4.69, 9.17) is 19.2 Å². The number of anilines is 2. The second-order valence-electron chi connectivity index (χ2n) is 7.80. The van der Waals surface area contributed by atoms with Gasteiger partial charge in [0.2, 0.25) is 11.9 Å². The lowest BCUT2D eigenvalue weighted by Crippen LogP contribution is -2.50. The Morgan fingerprint density at radius 1 is 0.969 bits per heavy atom. The molecule has 1 amide bonds. The largest absolute Gasteiger partial charge is 0.382 e. The molecule has 2 aromatic rings. The van der Waals surface area contributed by atoms with Crippen LogP contribution in [0.15, 0.2) is 36.5 Å². The van der Waals surface area contributed by atoms with Crippen molar-refractivity contribution in [2.75, 3.05) is 89.2 Å². The first-order chi connectivity index (χ1) is 15.7. The summed E-state index contributed by atoms with van der Waals surface area (Å²) in [4.78, 5) is 27.8. The molecule has 0 spiro atoms. The lowest BCUT2D eigenvalue weighted by atomic mass is 10.1. The molecule has 1 aromatic heterocycles. The average molecular weight is 442 g/mol. The summed E-state index contributed by atoms with van der Waals surface area (Å²) >= 11 is 0. The number of carbonyl (C=O) groups excluding carboxylic acids is 1. The first kappa shape index (κ1) is 22.4. The maximum absolute atomic E-state index is 12.3. The normalized spacial score (nSPS) is 17.0. The highest BCUT2D eigenvalue weighted by Crippen LogP contribution is 2.24. The first-order valence-electron chi connectivity index (χ1n) is 11.1. The van der Waals surface area contributed by atoms with E-state index < -0.39 is 0 Å². The minimum atomic E-state index is 0.00998. The molecule has 1 aromatic carbocycles. The number of ether oxygens (including phenoxy) is 3. The topological polar surface area (TPSA) is 80.3 Å². The zero-order valence-electron chi connectivity index (χ0n) is 18.6. The molecule has 0 aliphatic carbocycles. The van der Waals surface area contributed by atoms with Gasteiger partial charge in [0.15, 0.2) is 0 Å². The molecule has 4 rings (SSSR count). The molecule has 172 valence electrons. The van der Waals surface area contributed by atoms with Crippen LogP contribution in [0.25, 0.3) is 11.3 Å². The number of aromatic nitrogens is 2. The fourth-order valence-electron chi connectivity index (χ4n) is 3.87. The van der Waals surface area contributed by atoms with Gasteiger partial charge in [-0.25, -0.2) is 9.97 Å². The van der Waals surface area contributed by atoms with Crippen molar-refractivity contribution in [3.8, 4) is 11.3 Å². The third kappa shape index (κ3) is 5.73. The Kier molecular flexibility index (Phi) is 7.87. The number of methoxy groups -OCH3 is 1. The van der Waals surface area contributed by atoms with Crippen molar-refractivity contribution < 1.29 is 19.0 Å². The summed E-state index contributed by atoms with van der Waals surface area (Å²) < 4.78 is 15.7.